The number of nitrogens with one attached hydrogen (secondary N) is 1. The molecule has 0 atom stereocenters. The molecular formula is C22H22N2O3. The van der Waals surface area contributed by atoms with Gasteiger partial charge in [-0.3, -0.25) is 14.9 Å². The Hall–Kier alpha value is -2.95. The molecule has 0 unspecified atom stereocenters. The van der Waals surface area contributed by atoms with Gasteiger partial charge in [0.2, 0.25) is 5.91 Å². The number of aryl methyl sites for hydroxylation is 1. The number of nitrogens with zero attached hydrogens (tertiary/aromatic N) is 1. The standard InChI is InChI=1S/C22H22N2O3/c1-2-3-4-5-14-6-9-21-20(10-14)18-11-15-7-8-16(24(26)27)12-17(15)19(18)13-22(25)23-21/h6-10,12H,2-5,11,13H2,1H3,(H,23,25). The van der Waals surface area contributed by atoms with Gasteiger partial charge in [0, 0.05) is 23.4 Å². The molecule has 0 bridgehead atoms. The summed E-state index contributed by atoms with van der Waals surface area (Å²) >= 11 is 0. The summed E-state index contributed by atoms with van der Waals surface area (Å²) < 4.78 is 0. The van der Waals surface area contributed by atoms with Crippen molar-refractivity contribution in [3.63, 3.8) is 0 Å². The van der Waals surface area contributed by atoms with Gasteiger partial charge in [0.1, 0.15) is 0 Å². The number of amides is 1. The molecule has 2 aliphatic rings. The van der Waals surface area contributed by atoms with Gasteiger partial charge < -0.3 is 5.32 Å². The third-order valence-corrected chi connectivity index (χ3v) is 5.45. The van der Waals surface area contributed by atoms with Crippen LogP contribution in [-0.4, -0.2) is 10.8 Å². The smallest absolute Gasteiger partial charge is 0.270 e. The largest absolute Gasteiger partial charge is 0.325 e. The molecule has 4 rings (SSSR count). The van der Waals surface area contributed by atoms with Gasteiger partial charge in [-0.2, -0.15) is 0 Å². The lowest BCUT2D eigenvalue weighted by molar-refractivity contribution is -0.384. The molecule has 0 aromatic heterocycles. The number of hydrogen-bond acceptors (Lipinski definition) is 3. The summed E-state index contributed by atoms with van der Waals surface area (Å²) in [4.78, 5) is 23.2. The predicted molar refractivity (Wildman–Crippen MR) is 107 cm³/mol. The second-order valence-corrected chi connectivity index (χ2v) is 7.29. The zero-order chi connectivity index (χ0) is 19.0. The number of nitro groups is 1. The molecule has 27 heavy (non-hydrogen) atoms. The van der Waals surface area contributed by atoms with Crippen molar-refractivity contribution in [3.05, 3.63) is 68.8 Å². The molecule has 2 aromatic carbocycles. The predicted octanol–water partition coefficient (Wildman–Crippen LogP) is 5.14. The summed E-state index contributed by atoms with van der Waals surface area (Å²) in [6.45, 7) is 2.19. The topological polar surface area (TPSA) is 72.2 Å². The monoisotopic (exact) mass is 362 g/mol. The fraction of sp³-hybridized carbons (Fsp3) is 0.318. The van der Waals surface area contributed by atoms with Crippen molar-refractivity contribution < 1.29 is 9.72 Å². The lowest BCUT2D eigenvalue weighted by Gasteiger charge is -2.12. The molecule has 1 aliphatic heterocycles. The van der Waals surface area contributed by atoms with Crippen LogP contribution in [0.5, 0.6) is 0 Å². The number of rotatable bonds is 5. The van der Waals surface area contributed by atoms with E-state index < -0.39 is 0 Å². The number of allylic oxidation sites excluding steroid dienone is 1. The maximum atomic E-state index is 12.4. The molecule has 5 heteroatoms. The molecule has 0 radical (unpaired) electrons. The average molecular weight is 362 g/mol. The Morgan fingerprint density at radius 2 is 1.85 bits per heavy atom. The number of benzene rings is 2. The molecule has 138 valence electrons. The van der Waals surface area contributed by atoms with Crippen LogP contribution >= 0.6 is 0 Å². The fourth-order valence-corrected chi connectivity index (χ4v) is 4.07. The summed E-state index contributed by atoms with van der Waals surface area (Å²) in [6.07, 6.45) is 5.53. The number of carbonyl (C=O) groups excluding carboxylic acids is 1. The lowest BCUT2D eigenvalue weighted by Crippen LogP contribution is -2.11. The van der Waals surface area contributed by atoms with Crippen LogP contribution in [0.4, 0.5) is 11.4 Å². The quantitative estimate of drug-likeness (QED) is 0.455. The van der Waals surface area contributed by atoms with E-state index in [2.05, 4.69) is 24.4 Å². The van der Waals surface area contributed by atoms with Crippen LogP contribution in [0, 0.1) is 10.1 Å². The Kier molecular flexibility index (Phi) is 4.52. The Balaban J connectivity index is 1.78. The first kappa shape index (κ1) is 17.5. The van der Waals surface area contributed by atoms with Gasteiger partial charge in [-0.25, -0.2) is 0 Å². The van der Waals surface area contributed by atoms with Crippen molar-refractivity contribution in [2.24, 2.45) is 0 Å². The molecule has 1 amide bonds. The molecule has 0 spiro atoms. The summed E-state index contributed by atoms with van der Waals surface area (Å²) in [5.41, 5.74) is 7.19. The highest BCUT2D eigenvalue weighted by Gasteiger charge is 2.30. The van der Waals surface area contributed by atoms with Crippen LogP contribution in [0.3, 0.4) is 0 Å². The second kappa shape index (κ2) is 6.99. The first-order valence-electron chi connectivity index (χ1n) is 9.49. The average Bonchev–Trinajstić information content (AvgIpc) is 2.93. The first-order valence-corrected chi connectivity index (χ1v) is 9.49. The van der Waals surface area contributed by atoms with Gasteiger partial charge >= 0.3 is 0 Å². The van der Waals surface area contributed by atoms with Gasteiger partial charge in [-0.1, -0.05) is 31.9 Å². The number of carbonyl (C=O) groups is 1. The minimum Gasteiger partial charge on any atom is -0.325 e. The number of hydrogen-bond donors (Lipinski definition) is 1. The maximum Gasteiger partial charge on any atom is 0.270 e. The summed E-state index contributed by atoms with van der Waals surface area (Å²) in [5.74, 6) is -0.0701. The van der Waals surface area contributed by atoms with E-state index in [1.807, 2.05) is 12.1 Å². The number of anilines is 1. The Morgan fingerprint density at radius 3 is 2.63 bits per heavy atom. The van der Waals surface area contributed by atoms with E-state index >= 15 is 0 Å². The van der Waals surface area contributed by atoms with Crippen LogP contribution in [0.15, 0.2) is 36.4 Å². The highest BCUT2D eigenvalue weighted by atomic mass is 16.6. The Morgan fingerprint density at radius 1 is 1.04 bits per heavy atom. The number of unbranched alkanes of at least 4 members (excludes halogenated alkanes) is 2. The molecule has 1 aliphatic carbocycles. The maximum absolute atomic E-state index is 12.4. The molecule has 0 saturated carbocycles. The fourth-order valence-electron chi connectivity index (χ4n) is 4.07. The number of nitro benzene ring substituents is 1. The van der Waals surface area contributed by atoms with Crippen LogP contribution in [0.2, 0.25) is 0 Å². The van der Waals surface area contributed by atoms with Crippen LogP contribution < -0.4 is 5.32 Å². The van der Waals surface area contributed by atoms with Crippen molar-refractivity contribution in [3.8, 4) is 0 Å². The molecular weight excluding hydrogens is 340 g/mol. The molecule has 1 heterocycles. The SMILES string of the molecule is CCCCCc1ccc2c(c1)C1=C(CC(=O)N2)c2cc([N+](=O)[O-])ccc2C1. The van der Waals surface area contributed by atoms with Crippen molar-refractivity contribution in [2.45, 2.75) is 45.4 Å². The van der Waals surface area contributed by atoms with Crippen LogP contribution in [0.25, 0.3) is 11.1 Å². The zero-order valence-electron chi connectivity index (χ0n) is 15.4. The van der Waals surface area contributed by atoms with Crippen molar-refractivity contribution in [2.75, 3.05) is 5.32 Å². The zero-order valence-corrected chi connectivity index (χ0v) is 15.4. The third-order valence-electron chi connectivity index (χ3n) is 5.45. The second-order valence-electron chi connectivity index (χ2n) is 7.29. The molecule has 2 aromatic rings. The highest BCUT2D eigenvalue weighted by Crippen LogP contribution is 2.45. The van der Waals surface area contributed by atoms with Gasteiger partial charge in [-0.05, 0) is 59.2 Å². The van der Waals surface area contributed by atoms with Crippen LogP contribution in [0.1, 0.15) is 54.9 Å². The highest BCUT2D eigenvalue weighted by molar-refractivity contribution is 6.12. The van der Waals surface area contributed by atoms with E-state index in [1.165, 1.54) is 18.4 Å². The van der Waals surface area contributed by atoms with Gasteiger partial charge in [-0.15, -0.1) is 0 Å². The third kappa shape index (κ3) is 3.25. The summed E-state index contributed by atoms with van der Waals surface area (Å²) in [5, 5.41) is 14.2. The van der Waals surface area contributed by atoms with Crippen molar-refractivity contribution >= 4 is 28.4 Å². The molecule has 1 N–H and O–H groups in total. The normalized spacial score (nSPS) is 14.9. The first-order chi connectivity index (χ1) is 13.1. The van der Waals surface area contributed by atoms with E-state index in [1.54, 1.807) is 12.1 Å². The Labute approximate surface area is 158 Å². The summed E-state index contributed by atoms with van der Waals surface area (Å²) in [6, 6.07) is 11.3. The minimum atomic E-state index is -0.380. The summed E-state index contributed by atoms with van der Waals surface area (Å²) in [7, 11) is 0. The van der Waals surface area contributed by atoms with Crippen LogP contribution in [-0.2, 0) is 17.6 Å². The van der Waals surface area contributed by atoms with E-state index in [-0.39, 0.29) is 22.9 Å². The minimum absolute atomic E-state index is 0.0701. The molecule has 0 saturated heterocycles. The number of fused-ring (bicyclic) bond motifs is 4. The van der Waals surface area contributed by atoms with Gasteiger partial charge in [0.05, 0.1) is 11.3 Å². The number of non-ortho nitro benzene ring substituents is 1. The molecule has 0 fully saturated rings. The van der Waals surface area contributed by atoms with Gasteiger partial charge in [0.25, 0.3) is 5.69 Å². The van der Waals surface area contributed by atoms with E-state index in [0.717, 1.165) is 46.4 Å². The van der Waals surface area contributed by atoms with E-state index in [0.29, 0.717) is 6.42 Å². The molecule has 5 nitrogen and oxygen atoms in total. The van der Waals surface area contributed by atoms with E-state index in [4.69, 9.17) is 0 Å². The van der Waals surface area contributed by atoms with E-state index in [9.17, 15) is 14.9 Å². The van der Waals surface area contributed by atoms with Gasteiger partial charge in [0.15, 0.2) is 0 Å². The Bertz CT molecular complexity index is 976. The lowest BCUT2D eigenvalue weighted by atomic mass is 9.95. The van der Waals surface area contributed by atoms with Crippen molar-refractivity contribution in [1.82, 2.24) is 0 Å². The van der Waals surface area contributed by atoms with Crippen molar-refractivity contribution in [1.29, 1.82) is 0 Å².